The molecule has 1 atom stereocenters. The SMILES string of the molecule is O=C(N[C@H](CCO)C(=O)O)c1cccnc1Br. The Bertz CT molecular complexity index is 425. The molecule has 0 saturated heterocycles. The Kier molecular flexibility index (Phi) is 5.05. The maximum atomic E-state index is 11.7. The van der Waals surface area contributed by atoms with Crippen LogP contribution in [-0.2, 0) is 4.79 Å². The van der Waals surface area contributed by atoms with Crippen molar-refractivity contribution in [2.24, 2.45) is 0 Å². The van der Waals surface area contributed by atoms with E-state index in [0.717, 1.165) is 0 Å². The number of carbonyl (C=O) groups excluding carboxylic acids is 1. The Morgan fingerprint density at radius 2 is 2.24 bits per heavy atom. The quantitative estimate of drug-likeness (QED) is 0.684. The van der Waals surface area contributed by atoms with Gasteiger partial charge in [0.25, 0.3) is 5.91 Å². The summed E-state index contributed by atoms with van der Waals surface area (Å²) >= 11 is 3.09. The smallest absolute Gasteiger partial charge is 0.326 e. The highest BCUT2D eigenvalue weighted by atomic mass is 79.9. The number of halogens is 1. The highest BCUT2D eigenvalue weighted by molar-refractivity contribution is 9.10. The van der Waals surface area contributed by atoms with Gasteiger partial charge in [-0.05, 0) is 28.1 Å². The lowest BCUT2D eigenvalue weighted by atomic mass is 10.2. The van der Waals surface area contributed by atoms with Crippen LogP contribution in [0.15, 0.2) is 22.9 Å². The number of pyridine rings is 1. The molecule has 0 aliphatic rings. The number of aliphatic hydroxyl groups is 1. The molecule has 1 amide bonds. The van der Waals surface area contributed by atoms with Crippen molar-refractivity contribution >= 4 is 27.8 Å². The van der Waals surface area contributed by atoms with Crippen LogP contribution < -0.4 is 5.32 Å². The number of carbonyl (C=O) groups is 2. The number of rotatable bonds is 5. The summed E-state index contributed by atoms with van der Waals surface area (Å²) < 4.78 is 0.339. The predicted octanol–water partition coefficient (Wildman–Crippen LogP) is 0.409. The number of carboxylic acids is 1. The third-order valence-electron chi connectivity index (χ3n) is 2.02. The van der Waals surface area contributed by atoms with Gasteiger partial charge in [-0.2, -0.15) is 0 Å². The lowest BCUT2D eigenvalue weighted by molar-refractivity contribution is -0.139. The van der Waals surface area contributed by atoms with Gasteiger partial charge in [-0.3, -0.25) is 4.79 Å². The molecule has 1 rings (SSSR count). The second kappa shape index (κ2) is 6.31. The number of aromatic nitrogens is 1. The molecule has 0 aromatic carbocycles. The lowest BCUT2D eigenvalue weighted by Gasteiger charge is -2.13. The lowest BCUT2D eigenvalue weighted by Crippen LogP contribution is -2.41. The second-order valence-corrected chi connectivity index (χ2v) is 3.97. The first kappa shape index (κ1) is 13.6. The van der Waals surface area contributed by atoms with E-state index in [4.69, 9.17) is 10.2 Å². The normalized spacial score (nSPS) is 11.9. The molecule has 0 spiro atoms. The first-order valence-electron chi connectivity index (χ1n) is 4.81. The fraction of sp³-hybridized carbons (Fsp3) is 0.300. The van der Waals surface area contributed by atoms with Crippen LogP contribution >= 0.6 is 15.9 Å². The largest absolute Gasteiger partial charge is 0.480 e. The van der Waals surface area contributed by atoms with Crippen LogP contribution in [0.2, 0.25) is 0 Å². The molecule has 1 aromatic rings. The van der Waals surface area contributed by atoms with Gasteiger partial charge in [0.05, 0.1) is 5.56 Å². The van der Waals surface area contributed by atoms with Gasteiger partial charge >= 0.3 is 5.97 Å². The van der Waals surface area contributed by atoms with Gasteiger partial charge in [-0.1, -0.05) is 0 Å². The van der Waals surface area contributed by atoms with Crippen molar-refractivity contribution in [1.82, 2.24) is 10.3 Å². The van der Waals surface area contributed by atoms with Crippen molar-refractivity contribution in [2.75, 3.05) is 6.61 Å². The fourth-order valence-electron chi connectivity index (χ4n) is 1.18. The molecule has 1 heterocycles. The molecule has 0 aliphatic heterocycles. The fourth-order valence-corrected chi connectivity index (χ4v) is 1.61. The summed E-state index contributed by atoms with van der Waals surface area (Å²) in [5.74, 6) is -1.74. The van der Waals surface area contributed by atoms with Crippen LogP contribution in [0.4, 0.5) is 0 Å². The molecule has 0 fully saturated rings. The molecule has 0 unspecified atom stereocenters. The average Bonchev–Trinajstić information content (AvgIpc) is 2.28. The first-order chi connectivity index (χ1) is 8.06. The Labute approximate surface area is 106 Å². The molecule has 0 saturated carbocycles. The van der Waals surface area contributed by atoms with Gasteiger partial charge in [0, 0.05) is 19.2 Å². The molecule has 92 valence electrons. The van der Waals surface area contributed by atoms with Crippen LogP contribution in [0.3, 0.4) is 0 Å². The van der Waals surface area contributed by atoms with Gasteiger partial charge in [0.1, 0.15) is 10.6 Å². The number of aliphatic hydroxyl groups excluding tert-OH is 1. The summed E-state index contributed by atoms with van der Waals surface area (Å²) in [5.41, 5.74) is 0.247. The van der Waals surface area contributed by atoms with Crippen molar-refractivity contribution in [3.8, 4) is 0 Å². The molecule has 0 radical (unpaired) electrons. The Morgan fingerprint density at radius 1 is 1.53 bits per heavy atom. The van der Waals surface area contributed by atoms with Crippen molar-refractivity contribution in [2.45, 2.75) is 12.5 Å². The zero-order chi connectivity index (χ0) is 12.8. The zero-order valence-electron chi connectivity index (χ0n) is 8.76. The number of carboxylic acid groups (broad SMARTS) is 1. The molecule has 3 N–H and O–H groups in total. The first-order valence-corrected chi connectivity index (χ1v) is 5.60. The molecule has 17 heavy (non-hydrogen) atoms. The number of aliphatic carboxylic acids is 1. The minimum absolute atomic E-state index is 0.0427. The molecule has 0 aliphatic carbocycles. The van der Waals surface area contributed by atoms with Crippen LogP contribution in [0, 0.1) is 0 Å². The van der Waals surface area contributed by atoms with E-state index >= 15 is 0 Å². The van der Waals surface area contributed by atoms with E-state index < -0.39 is 17.9 Å². The highest BCUT2D eigenvalue weighted by Crippen LogP contribution is 2.12. The van der Waals surface area contributed by atoms with Crippen molar-refractivity contribution in [1.29, 1.82) is 0 Å². The molecular formula is C10H11BrN2O4. The van der Waals surface area contributed by atoms with Crippen molar-refractivity contribution in [3.63, 3.8) is 0 Å². The van der Waals surface area contributed by atoms with E-state index in [9.17, 15) is 9.59 Å². The summed E-state index contributed by atoms with van der Waals surface area (Å²) in [6.45, 7) is -0.314. The third-order valence-corrected chi connectivity index (χ3v) is 2.66. The standard InChI is InChI=1S/C10H11BrN2O4/c11-8-6(2-1-4-12-8)9(15)13-7(3-5-14)10(16)17/h1-2,4,7,14H,3,5H2,(H,13,15)(H,16,17)/t7-/m1/s1. The summed E-state index contributed by atoms with van der Waals surface area (Å²) in [6, 6.07) is 1.98. The monoisotopic (exact) mass is 302 g/mol. The van der Waals surface area contributed by atoms with Gasteiger partial charge in [0.15, 0.2) is 0 Å². The van der Waals surface area contributed by atoms with Crippen LogP contribution in [0.1, 0.15) is 16.8 Å². The minimum atomic E-state index is -1.19. The molecule has 0 bridgehead atoms. The van der Waals surface area contributed by atoms with Gasteiger partial charge in [-0.25, -0.2) is 9.78 Å². The number of nitrogens with zero attached hydrogens (tertiary/aromatic N) is 1. The summed E-state index contributed by atoms with van der Waals surface area (Å²) in [6.07, 6.45) is 1.46. The topological polar surface area (TPSA) is 99.5 Å². The maximum absolute atomic E-state index is 11.7. The van der Waals surface area contributed by atoms with Crippen LogP contribution in [-0.4, -0.2) is 39.7 Å². The second-order valence-electron chi connectivity index (χ2n) is 3.22. The molecule has 6 nitrogen and oxygen atoms in total. The molecular weight excluding hydrogens is 292 g/mol. The maximum Gasteiger partial charge on any atom is 0.326 e. The number of amides is 1. The van der Waals surface area contributed by atoms with Crippen molar-refractivity contribution in [3.05, 3.63) is 28.5 Å². The Morgan fingerprint density at radius 3 is 2.76 bits per heavy atom. The van der Waals surface area contributed by atoms with Gasteiger partial charge < -0.3 is 15.5 Å². The molecule has 1 aromatic heterocycles. The van der Waals surface area contributed by atoms with E-state index in [1.54, 1.807) is 6.07 Å². The summed E-state index contributed by atoms with van der Waals surface area (Å²) in [5, 5.41) is 19.8. The minimum Gasteiger partial charge on any atom is -0.480 e. The Hall–Kier alpha value is -1.47. The number of hydrogen-bond donors (Lipinski definition) is 3. The molecule has 7 heteroatoms. The van der Waals surface area contributed by atoms with Gasteiger partial charge in [-0.15, -0.1) is 0 Å². The van der Waals surface area contributed by atoms with Crippen molar-refractivity contribution < 1.29 is 19.8 Å². The Balaban J connectivity index is 2.77. The average molecular weight is 303 g/mol. The van der Waals surface area contributed by atoms with E-state index in [1.165, 1.54) is 12.3 Å². The van der Waals surface area contributed by atoms with E-state index in [0.29, 0.717) is 4.60 Å². The third kappa shape index (κ3) is 3.79. The number of nitrogens with one attached hydrogen (secondary N) is 1. The summed E-state index contributed by atoms with van der Waals surface area (Å²) in [7, 11) is 0. The predicted molar refractivity (Wildman–Crippen MR) is 62.5 cm³/mol. The zero-order valence-corrected chi connectivity index (χ0v) is 10.3. The van der Waals surface area contributed by atoms with E-state index in [-0.39, 0.29) is 18.6 Å². The van der Waals surface area contributed by atoms with E-state index in [2.05, 4.69) is 26.2 Å². The van der Waals surface area contributed by atoms with Gasteiger partial charge in [0.2, 0.25) is 0 Å². The summed E-state index contributed by atoms with van der Waals surface area (Å²) in [4.78, 5) is 26.4. The highest BCUT2D eigenvalue weighted by Gasteiger charge is 2.21. The van der Waals surface area contributed by atoms with E-state index in [1.807, 2.05) is 0 Å². The van der Waals surface area contributed by atoms with Crippen LogP contribution in [0.5, 0.6) is 0 Å². The number of hydrogen-bond acceptors (Lipinski definition) is 4. The van der Waals surface area contributed by atoms with Crippen LogP contribution in [0.25, 0.3) is 0 Å².